The molecule has 0 aliphatic carbocycles. The predicted octanol–water partition coefficient (Wildman–Crippen LogP) is 11.5. The Kier molecular flexibility index (Phi) is 40.9. The monoisotopic (exact) mass is 939 g/mol. The number of hydrogen-bond acceptors (Lipinski definition) is 10. The third kappa shape index (κ3) is 44.9. The van der Waals surface area contributed by atoms with Gasteiger partial charge in [-0.25, -0.2) is 4.57 Å². The zero-order chi connectivity index (χ0) is 48.3. The van der Waals surface area contributed by atoms with Crippen LogP contribution in [0.3, 0.4) is 0 Å². The lowest BCUT2D eigenvalue weighted by atomic mass is 10.0. The van der Waals surface area contributed by atoms with E-state index in [-0.39, 0.29) is 38.9 Å². The molecule has 376 valence electrons. The first-order valence-corrected chi connectivity index (χ1v) is 26.5. The molecule has 0 aromatic heterocycles. The SMILES string of the molecule is CC/C=C\C[C@@H](O)/C=C/C=C/C=C\C=C/[C@H](O)[C@@H](O)CCCC(=O)OC[C@H](COP(=O)(O)OCC[N+](C)(C)C)OC(=O)CCCCCCCCCCCCC/C=C\CCCCCCCC. The van der Waals surface area contributed by atoms with Crippen LogP contribution < -0.4 is 0 Å². The maximum Gasteiger partial charge on any atom is 0.472 e. The third-order valence-corrected chi connectivity index (χ3v) is 11.5. The lowest BCUT2D eigenvalue weighted by Crippen LogP contribution is -2.37. The molecule has 0 heterocycles. The number of aliphatic hydroxyl groups excluding tert-OH is 3. The molecule has 12 nitrogen and oxygen atoms in total. The number of aliphatic hydroxyl groups is 3. The molecule has 0 saturated heterocycles. The molecule has 0 spiro atoms. The highest BCUT2D eigenvalue weighted by Gasteiger charge is 2.27. The van der Waals surface area contributed by atoms with Gasteiger partial charge in [-0.15, -0.1) is 0 Å². The lowest BCUT2D eigenvalue weighted by molar-refractivity contribution is -0.870. The fraction of sp³-hybridized carbons (Fsp3) is 0.731. The van der Waals surface area contributed by atoms with E-state index in [1.165, 1.54) is 102 Å². The van der Waals surface area contributed by atoms with Crippen LogP contribution >= 0.6 is 7.82 Å². The molecule has 0 saturated carbocycles. The molecular weight excluding hydrogens is 846 g/mol. The first-order valence-electron chi connectivity index (χ1n) is 25.0. The first kappa shape index (κ1) is 62.3. The van der Waals surface area contributed by atoms with Crippen molar-refractivity contribution in [3.05, 3.63) is 72.9 Å². The van der Waals surface area contributed by atoms with Crippen LogP contribution in [0.4, 0.5) is 0 Å². The van der Waals surface area contributed by atoms with Crippen molar-refractivity contribution in [3.8, 4) is 0 Å². The molecule has 0 bridgehead atoms. The van der Waals surface area contributed by atoms with Crippen molar-refractivity contribution in [1.82, 2.24) is 0 Å². The second-order valence-electron chi connectivity index (χ2n) is 18.0. The van der Waals surface area contributed by atoms with E-state index in [4.69, 9.17) is 18.5 Å². The van der Waals surface area contributed by atoms with Gasteiger partial charge in [0.25, 0.3) is 0 Å². The summed E-state index contributed by atoms with van der Waals surface area (Å²) in [6.45, 7) is 3.83. The smallest absolute Gasteiger partial charge is 0.462 e. The number of esters is 2. The summed E-state index contributed by atoms with van der Waals surface area (Å²) >= 11 is 0. The number of rotatable bonds is 44. The summed E-state index contributed by atoms with van der Waals surface area (Å²) in [6, 6.07) is 0. The Balaban J connectivity index is 4.55. The van der Waals surface area contributed by atoms with Gasteiger partial charge in [0.1, 0.15) is 19.8 Å². The fourth-order valence-corrected chi connectivity index (χ4v) is 7.27. The molecule has 0 fully saturated rings. The van der Waals surface area contributed by atoms with E-state index in [0.717, 1.165) is 25.7 Å². The van der Waals surface area contributed by atoms with Crippen molar-refractivity contribution in [3.63, 3.8) is 0 Å². The summed E-state index contributed by atoms with van der Waals surface area (Å²) in [5, 5.41) is 30.5. The molecule has 0 aliphatic rings. The average Bonchev–Trinajstić information content (AvgIpc) is 3.25. The third-order valence-electron chi connectivity index (χ3n) is 10.6. The first-order chi connectivity index (χ1) is 31.2. The van der Waals surface area contributed by atoms with E-state index < -0.39 is 50.8 Å². The zero-order valence-corrected chi connectivity index (χ0v) is 42.2. The van der Waals surface area contributed by atoms with Crippen molar-refractivity contribution in [2.75, 3.05) is 47.5 Å². The van der Waals surface area contributed by atoms with Crippen LogP contribution in [0.2, 0.25) is 0 Å². The molecule has 1 unspecified atom stereocenters. The maximum atomic E-state index is 12.8. The predicted molar refractivity (Wildman–Crippen MR) is 265 cm³/mol. The van der Waals surface area contributed by atoms with E-state index in [1.807, 2.05) is 40.2 Å². The number of unbranched alkanes of at least 4 members (excludes halogenated alkanes) is 17. The summed E-state index contributed by atoms with van der Waals surface area (Å²) in [6.07, 6.45) is 43.3. The Morgan fingerprint density at radius 2 is 1.12 bits per heavy atom. The van der Waals surface area contributed by atoms with Crippen molar-refractivity contribution in [1.29, 1.82) is 0 Å². The number of likely N-dealkylation sites (N-methyl/N-ethyl adjacent to an activating group) is 1. The number of hydrogen-bond donors (Lipinski definition) is 4. The Morgan fingerprint density at radius 3 is 1.69 bits per heavy atom. The fourth-order valence-electron chi connectivity index (χ4n) is 6.53. The molecule has 0 aliphatic heterocycles. The Morgan fingerprint density at radius 1 is 0.600 bits per heavy atom. The minimum Gasteiger partial charge on any atom is -0.462 e. The molecular formula is C52H93NO11P+. The van der Waals surface area contributed by atoms with E-state index >= 15 is 0 Å². The van der Waals surface area contributed by atoms with Crippen LogP contribution in [0, 0.1) is 0 Å². The van der Waals surface area contributed by atoms with Gasteiger partial charge in [-0.1, -0.05) is 177 Å². The zero-order valence-electron chi connectivity index (χ0n) is 41.3. The summed E-state index contributed by atoms with van der Waals surface area (Å²) in [4.78, 5) is 35.6. The van der Waals surface area contributed by atoms with Crippen molar-refractivity contribution >= 4 is 19.8 Å². The van der Waals surface area contributed by atoms with E-state index in [2.05, 4.69) is 19.1 Å². The van der Waals surface area contributed by atoms with Crippen LogP contribution in [0.1, 0.15) is 174 Å². The average molecular weight is 939 g/mol. The molecule has 13 heteroatoms. The maximum absolute atomic E-state index is 12.8. The summed E-state index contributed by atoms with van der Waals surface area (Å²) in [5.74, 6) is -1.13. The van der Waals surface area contributed by atoms with Gasteiger partial charge in [-0.3, -0.25) is 18.6 Å². The summed E-state index contributed by atoms with van der Waals surface area (Å²) < 4.78 is 34.1. The minimum absolute atomic E-state index is 0.0271. The molecule has 65 heavy (non-hydrogen) atoms. The normalized spacial score (nSPS) is 15.5. The number of quaternary nitrogens is 1. The number of carbonyl (C=O) groups is 2. The number of allylic oxidation sites excluding steroid dienone is 9. The molecule has 0 radical (unpaired) electrons. The molecule has 0 aromatic rings. The highest BCUT2D eigenvalue weighted by molar-refractivity contribution is 7.47. The van der Waals surface area contributed by atoms with Crippen LogP contribution in [0.15, 0.2) is 72.9 Å². The second-order valence-corrected chi connectivity index (χ2v) is 19.5. The molecule has 0 aromatic carbocycles. The lowest BCUT2D eigenvalue weighted by Gasteiger charge is -2.24. The standard InChI is InChI=1S/C52H92NO11P/c1-6-8-10-11-12-13-14-15-16-17-18-19-20-21-22-23-24-25-26-31-35-41-52(58)64-48(46-63-65(59,60)62-44-43-53(3,4)5)45-61-51(57)42-36-40-50(56)49(55)39-34-30-28-27-29-33-38-47(54)37-32-9-7-2/h9,15-16,27-30,32-34,38-39,47-50,54-56H,6-8,10-14,17-26,31,35-37,40-46H2,1-5H3/p+1/b16-15-,29-27+,30-28-,32-9-,38-33+,39-34-/t47-,48-,49+,50+/m1/s1. The van der Waals surface area contributed by atoms with Gasteiger partial charge in [-0.05, 0) is 57.8 Å². The van der Waals surface area contributed by atoms with Crippen molar-refractivity contribution < 1.29 is 57.4 Å². The molecule has 0 rings (SSSR count). The van der Waals surface area contributed by atoms with Gasteiger partial charge >= 0.3 is 19.8 Å². The highest BCUT2D eigenvalue weighted by atomic mass is 31.2. The Bertz CT molecular complexity index is 1390. The summed E-state index contributed by atoms with van der Waals surface area (Å²) in [5.41, 5.74) is 0. The number of nitrogens with zero attached hydrogens (tertiary/aromatic N) is 1. The van der Waals surface area contributed by atoms with E-state index in [1.54, 1.807) is 42.5 Å². The van der Waals surface area contributed by atoms with E-state index in [0.29, 0.717) is 23.9 Å². The molecule has 4 N–H and O–H groups in total. The Hall–Kier alpha value is -2.67. The molecule has 5 atom stereocenters. The van der Waals surface area contributed by atoms with Gasteiger partial charge in [-0.2, -0.15) is 0 Å². The van der Waals surface area contributed by atoms with Gasteiger partial charge in [0.05, 0.1) is 46.1 Å². The van der Waals surface area contributed by atoms with E-state index in [9.17, 15) is 34.4 Å². The van der Waals surface area contributed by atoms with Crippen molar-refractivity contribution in [2.24, 2.45) is 0 Å². The van der Waals surface area contributed by atoms with Gasteiger partial charge in [0, 0.05) is 12.8 Å². The second kappa shape index (κ2) is 42.7. The largest absolute Gasteiger partial charge is 0.472 e. The van der Waals surface area contributed by atoms with Crippen molar-refractivity contribution in [2.45, 2.75) is 199 Å². The number of carbonyl (C=O) groups excluding carboxylic acids is 2. The Labute approximate surface area is 395 Å². The van der Waals surface area contributed by atoms with Crippen LogP contribution in [0.5, 0.6) is 0 Å². The number of ether oxygens (including phenoxy) is 2. The van der Waals surface area contributed by atoms with Gasteiger partial charge in [0.2, 0.25) is 0 Å². The molecule has 0 amide bonds. The topological polar surface area (TPSA) is 169 Å². The van der Waals surface area contributed by atoms with Crippen LogP contribution in [-0.2, 0) is 32.7 Å². The number of phosphoric acid groups is 1. The summed E-state index contributed by atoms with van der Waals surface area (Å²) in [7, 11) is 1.28. The van der Waals surface area contributed by atoms with Gasteiger partial charge in [0.15, 0.2) is 6.10 Å². The van der Waals surface area contributed by atoms with Gasteiger partial charge < -0.3 is 34.2 Å². The van der Waals surface area contributed by atoms with Crippen LogP contribution in [-0.4, -0.2) is 109 Å². The highest BCUT2D eigenvalue weighted by Crippen LogP contribution is 2.43. The minimum atomic E-state index is -4.47. The number of phosphoric ester groups is 1. The van der Waals surface area contributed by atoms with Crippen LogP contribution in [0.25, 0.3) is 0 Å². The quantitative estimate of drug-likeness (QED) is 0.0115.